The number of esters is 1. The first kappa shape index (κ1) is 40.8. The number of nitrogens with zero attached hydrogens (tertiary/aromatic N) is 3. The van der Waals surface area contributed by atoms with Crippen molar-refractivity contribution in [2.75, 3.05) is 26.7 Å². The molecule has 3 aromatic rings. The van der Waals surface area contributed by atoms with Crippen LogP contribution >= 0.6 is 0 Å². The van der Waals surface area contributed by atoms with Gasteiger partial charge in [0.2, 0.25) is 17.7 Å². The number of methoxy groups -OCH3 is 1. The lowest BCUT2D eigenvalue weighted by Gasteiger charge is -2.28. The number of benzene rings is 3. The quantitative estimate of drug-likeness (QED) is 0.190. The lowest BCUT2D eigenvalue weighted by Crippen LogP contribution is -2.34. The first-order chi connectivity index (χ1) is 25.1. The molecule has 3 aromatic carbocycles. The molecule has 53 heavy (non-hydrogen) atoms. The van der Waals surface area contributed by atoms with Crippen LogP contribution in [0.4, 0.5) is 0 Å². The van der Waals surface area contributed by atoms with Crippen LogP contribution in [-0.4, -0.2) is 80.9 Å². The Morgan fingerprint density at radius 1 is 0.698 bits per heavy atom. The van der Waals surface area contributed by atoms with Crippen LogP contribution in [0.2, 0.25) is 0 Å². The predicted octanol–water partition coefficient (Wildman–Crippen LogP) is 6.95. The van der Waals surface area contributed by atoms with Gasteiger partial charge < -0.3 is 29.6 Å². The van der Waals surface area contributed by atoms with Crippen molar-refractivity contribution in [3.63, 3.8) is 0 Å². The molecule has 3 heterocycles. The van der Waals surface area contributed by atoms with Gasteiger partial charge in [-0.25, -0.2) is 0 Å². The zero-order chi connectivity index (χ0) is 38.9. The van der Waals surface area contributed by atoms with Crippen LogP contribution < -0.4 is 0 Å². The first-order valence-corrected chi connectivity index (χ1v) is 18.3. The van der Waals surface area contributed by atoms with Crippen molar-refractivity contribution in [1.82, 2.24) is 14.7 Å². The number of amides is 3. The molecule has 0 unspecified atom stereocenters. The van der Waals surface area contributed by atoms with Gasteiger partial charge in [0.1, 0.15) is 0 Å². The van der Waals surface area contributed by atoms with E-state index in [0.717, 1.165) is 22.3 Å². The van der Waals surface area contributed by atoms with Gasteiger partial charge in [-0.1, -0.05) is 91.0 Å². The number of aliphatic hydroxyl groups is 2. The molecule has 3 aliphatic rings. The predicted molar refractivity (Wildman–Crippen MR) is 204 cm³/mol. The van der Waals surface area contributed by atoms with E-state index >= 15 is 0 Å². The molecule has 0 bridgehead atoms. The Labute approximate surface area is 314 Å². The van der Waals surface area contributed by atoms with E-state index in [9.17, 15) is 29.4 Å². The average Bonchev–Trinajstić information content (AvgIpc) is 3.88. The van der Waals surface area contributed by atoms with Gasteiger partial charge in [-0.3, -0.25) is 19.2 Å². The van der Waals surface area contributed by atoms with Gasteiger partial charge in [-0.15, -0.1) is 0 Å². The van der Waals surface area contributed by atoms with Gasteiger partial charge in [0.25, 0.3) is 0 Å². The number of likely N-dealkylation sites (tertiary alicyclic amines) is 3. The third kappa shape index (κ3) is 10.6. The number of rotatable bonds is 8. The maximum atomic E-state index is 12.1. The molecule has 0 spiro atoms. The maximum absolute atomic E-state index is 12.1. The summed E-state index contributed by atoms with van der Waals surface area (Å²) in [5, 5.41) is 19.5. The van der Waals surface area contributed by atoms with E-state index in [2.05, 4.69) is 0 Å². The Hall–Kier alpha value is -4.96. The molecule has 0 saturated carbocycles. The topological polar surface area (TPSA) is 128 Å². The molecule has 0 radical (unpaired) electrons. The molecule has 2 N–H and O–H groups in total. The van der Waals surface area contributed by atoms with Crippen molar-refractivity contribution >= 4 is 23.7 Å². The molecule has 284 valence electrons. The van der Waals surface area contributed by atoms with Crippen molar-refractivity contribution in [2.24, 2.45) is 11.8 Å². The summed E-state index contributed by atoms with van der Waals surface area (Å²) in [5.74, 6) is -0.0815. The number of hydrogen-bond acceptors (Lipinski definition) is 7. The fraction of sp³-hybridized carbons (Fsp3) is 0.442. The summed E-state index contributed by atoms with van der Waals surface area (Å²) in [6, 6.07) is 29.9. The second-order valence-corrected chi connectivity index (χ2v) is 14.7. The number of allylic oxidation sites excluding steroid dienone is 1. The Bertz CT molecular complexity index is 1720. The highest BCUT2D eigenvalue weighted by molar-refractivity contribution is 5.87. The van der Waals surface area contributed by atoms with E-state index in [-0.39, 0.29) is 65.8 Å². The van der Waals surface area contributed by atoms with Gasteiger partial charge in [0.05, 0.1) is 48.9 Å². The van der Waals surface area contributed by atoms with Crippen molar-refractivity contribution in [3.05, 3.63) is 119 Å². The van der Waals surface area contributed by atoms with E-state index in [1.54, 1.807) is 25.7 Å². The van der Waals surface area contributed by atoms with Gasteiger partial charge in [-0.2, -0.15) is 0 Å². The molecule has 3 saturated heterocycles. The first-order valence-electron chi connectivity index (χ1n) is 18.3. The lowest BCUT2D eigenvalue weighted by molar-refractivity contribution is -0.145. The maximum Gasteiger partial charge on any atom is 0.310 e. The van der Waals surface area contributed by atoms with E-state index in [0.29, 0.717) is 32.5 Å². The highest BCUT2D eigenvalue weighted by Crippen LogP contribution is 2.34. The minimum Gasteiger partial charge on any atom is -0.513 e. The zero-order valence-electron chi connectivity index (χ0n) is 32.1. The molecule has 0 aromatic heterocycles. The summed E-state index contributed by atoms with van der Waals surface area (Å²) < 4.78 is 4.70. The van der Waals surface area contributed by atoms with E-state index in [1.165, 1.54) is 7.11 Å². The van der Waals surface area contributed by atoms with E-state index in [4.69, 9.17) is 4.74 Å². The van der Waals surface area contributed by atoms with Crippen LogP contribution in [0.5, 0.6) is 0 Å². The molecule has 6 rings (SSSR count). The van der Waals surface area contributed by atoms with Crippen molar-refractivity contribution in [1.29, 1.82) is 0 Å². The van der Waals surface area contributed by atoms with Gasteiger partial charge in [-0.05, 0) is 63.8 Å². The molecule has 10 nitrogen and oxygen atoms in total. The number of hydrogen-bond donors (Lipinski definition) is 2. The fourth-order valence-electron chi connectivity index (χ4n) is 6.97. The molecule has 3 fully saturated rings. The van der Waals surface area contributed by atoms with Crippen LogP contribution in [0.25, 0.3) is 0 Å². The third-order valence-corrected chi connectivity index (χ3v) is 10.7. The Balaban J connectivity index is 0.000000178. The lowest BCUT2D eigenvalue weighted by atomic mass is 9.90. The molecular weight excluding hydrogens is 670 g/mol. The van der Waals surface area contributed by atoms with Crippen LogP contribution in [0.1, 0.15) is 95.6 Å². The van der Waals surface area contributed by atoms with Crippen LogP contribution in [-0.2, 0) is 23.9 Å². The summed E-state index contributed by atoms with van der Waals surface area (Å²) in [6.45, 7) is 12.9. The summed E-state index contributed by atoms with van der Waals surface area (Å²) in [7, 11) is 1.36. The normalized spacial score (nSPS) is 21.3. The minimum absolute atomic E-state index is 0.00615. The third-order valence-electron chi connectivity index (χ3n) is 10.7. The number of aliphatic hydroxyl groups excluding tert-OH is 1. The van der Waals surface area contributed by atoms with Gasteiger partial charge >= 0.3 is 5.97 Å². The highest BCUT2D eigenvalue weighted by atomic mass is 16.5. The summed E-state index contributed by atoms with van der Waals surface area (Å²) in [6.07, 6.45) is 1.05. The SMILES string of the molecule is C/C(O)=C1\CC(=O)N([C@H](C)c2ccccc2)C1.COC(=O)[C@H]1CC(=O)N([C@H](C)c2ccccc2)C1.C[C@H](c1ccccc1)N1C[C@@H](C(C)(C)O)CC1=O. The van der Waals surface area contributed by atoms with Gasteiger partial charge in [0, 0.05) is 38.4 Å². The van der Waals surface area contributed by atoms with Gasteiger partial charge in [0.15, 0.2) is 0 Å². The second kappa shape index (κ2) is 18.2. The monoisotopic (exact) mass is 725 g/mol. The van der Waals surface area contributed by atoms with Crippen molar-refractivity contribution in [2.45, 2.75) is 84.5 Å². The highest BCUT2D eigenvalue weighted by Gasteiger charge is 2.40. The molecule has 5 atom stereocenters. The van der Waals surface area contributed by atoms with E-state index < -0.39 is 5.60 Å². The minimum atomic E-state index is -0.791. The summed E-state index contributed by atoms with van der Waals surface area (Å²) in [5.41, 5.74) is 3.38. The summed E-state index contributed by atoms with van der Waals surface area (Å²) in [4.78, 5) is 52.8. The Kier molecular flexibility index (Phi) is 14.0. The van der Waals surface area contributed by atoms with E-state index in [1.807, 2.05) is 122 Å². The van der Waals surface area contributed by atoms with Crippen LogP contribution in [0.3, 0.4) is 0 Å². The number of carbonyl (C=O) groups excluding carboxylic acids is 4. The van der Waals surface area contributed by atoms with Crippen molar-refractivity contribution in [3.8, 4) is 0 Å². The molecule has 10 heteroatoms. The zero-order valence-corrected chi connectivity index (χ0v) is 32.1. The average molecular weight is 726 g/mol. The Morgan fingerprint density at radius 3 is 1.49 bits per heavy atom. The fourth-order valence-corrected chi connectivity index (χ4v) is 6.97. The molecular formula is C43H55N3O7. The number of carbonyl (C=O) groups is 4. The summed E-state index contributed by atoms with van der Waals surface area (Å²) >= 11 is 0. The molecule has 3 aliphatic heterocycles. The smallest absolute Gasteiger partial charge is 0.310 e. The standard InChI is InChI=1S/C15H21NO2.C14H17NO3.C14H17NO2/c1-11(12-7-5-4-6-8-12)16-10-13(9-14(16)17)15(2,3)18;1-10(11-6-4-3-5-7-11)15-9-12(8-13(15)16)14(17)18-2;1-10(12-6-4-3-5-7-12)15-9-13(11(2)16)8-14(15)17/h4-8,11,13,18H,9-10H2,1-3H3;3-7,10,12H,8-9H2,1-2H3;3-7,10,16H,8-9H2,1-2H3/b;;13-11-/t11-,13+;10-,12+;10-/m111/s1. The number of ether oxygens (including phenoxy) is 1. The van der Waals surface area contributed by atoms with Crippen LogP contribution in [0, 0.1) is 11.8 Å². The Morgan fingerprint density at radius 2 is 1.11 bits per heavy atom. The largest absolute Gasteiger partial charge is 0.513 e. The van der Waals surface area contributed by atoms with Crippen molar-refractivity contribution < 1.29 is 34.1 Å². The van der Waals surface area contributed by atoms with Crippen LogP contribution in [0.15, 0.2) is 102 Å². The molecule has 3 amide bonds. The second-order valence-electron chi connectivity index (χ2n) is 14.7. The molecule has 0 aliphatic carbocycles.